The van der Waals surface area contributed by atoms with Crippen LogP contribution in [-0.4, -0.2) is 12.1 Å². The Labute approximate surface area is 88.4 Å². The summed E-state index contributed by atoms with van der Waals surface area (Å²) in [4.78, 5) is 11.5. The highest BCUT2D eigenvalue weighted by Crippen LogP contribution is 2.11. The smallest absolute Gasteiger partial charge is 0.374 e. The van der Waals surface area contributed by atoms with Gasteiger partial charge in [-0.3, -0.25) is 0 Å². The number of nitriles is 1. The maximum atomic E-state index is 11.5. The van der Waals surface area contributed by atoms with Crippen molar-refractivity contribution in [1.82, 2.24) is 0 Å². The van der Waals surface area contributed by atoms with Gasteiger partial charge >= 0.3 is 5.97 Å². The number of aryl methyl sites for hydroxylation is 1. The van der Waals surface area contributed by atoms with Gasteiger partial charge in [0.1, 0.15) is 11.9 Å². The summed E-state index contributed by atoms with van der Waals surface area (Å²) >= 11 is 0. The molecule has 0 fully saturated rings. The zero-order valence-electron chi connectivity index (χ0n) is 8.82. The summed E-state index contributed by atoms with van der Waals surface area (Å²) in [5.41, 5.74) is 0. The molecule has 0 amide bonds. The van der Waals surface area contributed by atoms with Crippen molar-refractivity contribution in [3.05, 3.63) is 23.7 Å². The predicted octanol–water partition coefficient (Wildman–Crippen LogP) is 2.44. The van der Waals surface area contributed by atoms with E-state index in [1.807, 2.05) is 13.0 Å². The maximum Gasteiger partial charge on any atom is 0.374 e. The molecule has 1 heterocycles. The SMILES string of the molecule is CC[C@H](CC#N)OC(=O)c1ccc(C)o1. The van der Waals surface area contributed by atoms with Gasteiger partial charge < -0.3 is 9.15 Å². The molecule has 0 radical (unpaired) electrons. The minimum absolute atomic E-state index is 0.184. The molecular formula is C11H13NO3. The van der Waals surface area contributed by atoms with Gasteiger partial charge in [-0.2, -0.15) is 5.26 Å². The molecule has 0 saturated heterocycles. The van der Waals surface area contributed by atoms with Gasteiger partial charge in [0, 0.05) is 0 Å². The predicted molar refractivity (Wildman–Crippen MR) is 53.2 cm³/mol. The van der Waals surface area contributed by atoms with Crippen LogP contribution in [0.4, 0.5) is 0 Å². The quantitative estimate of drug-likeness (QED) is 0.711. The Morgan fingerprint density at radius 1 is 1.67 bits per heavy atom. The van der Waals surface area contributed by atoms with Crippen LogP contribution in [0.25, 0.3) is 0 Å². The second-order valence-corrected chi connectivity index (χ2v) is 3.21. The van der Waals surface area contributed by atoms with Gasteiger partial charge in [0.25, 0.3) is 0 Å². The summed E-state index contributed by atoms with van der Waals surface area (Å²) in [7, 11) is 0. The molecule has 1 aromatic heterocycles. The first kappa shape index (κ1) is 11.3. The third-order valence-electron chi connectivity index (χ3n) is 1.99. The Morgan fingerprint density at radius 3 is 2.87 bits per heavy atom. The fraction of sp³-hybridized carbons (Fsp3) is 0.455. The molecule has 4 nitrogen and oxygen atoms in total. The van der Waals surface area contributed by atoms with Crippen LogP contribution in [0, 0.1) is 18.3 Å². The third kappa shape index (κ3) is 3.13. The van der Waals surface area contributed by atoms with Crippen LogP contribution in [0.2, 0.25) is 0 Å². The minimum atomic E-state index is -0.509. The first-order valence-corrected chi connectivity index (χ1v) is 4.81. The summed E-state index contributed by atoms with van der Waals surface area (Å²) in [6.07, 6.45) is 0.480. The van der Waals surface area contributed by atoms with E-state index in [2.05, 4.69) is 0 Å². The molecule has 1 atom stereocenters. The fourth-order valence-electron chi connectivity index (χ4n) is 1.12. The lowest BCUT2D eigenvalue weighted by atomic mass is 10.2. The Morgan fingerprint density at radius 2 is 2.40 bits per heavy atom. The molecule has 0 aromatic carbocycles. The van der Waals surface area contributed by atoms with Crippen molar-refractivity contribution in [3.8, 4) is 6.07 Å². The Kier molecular flexibility index (Phi) is 3.92. The summed E-state index contributed by atoms with van der Waals surface area (Å²) in [5, 5.41) is 8.49. The first-order chi connectivity index (χ1) is 7.17. The van der Waals surface area contributed by atoms with Gasteiger partial charge in [-0.15, -0.1) is 0 Å². The molecule has 15 heavy (non-hydrogen) atoms. The van der Waals surface area contributed by atoms with Crippen LogP contribution in [0.5, 0.6) is 0 Å². The number of carbonyl (C=O) groups excluding carboxylic acids is 1. The van der Waals surface area contributed by atoms with Crippen LogP contribution in [0.1, 0.15) is 36.1 Å². The van der Waals surface area contributed by atoms with E-state index in [0.717, 1.165) is 0 Å². The van der Waals surface area contributed by atoms with Crippen molar-refractivity contribution in [1.29, 1.82) is 5.26 Å². The van der Waals surface area contributed by atoms with E-state index >= 15 is 0 Å². The standard InChI is InChI=1S/C11H13NO3/c1-3-9(6-7-12)15-11(13)10-5-4-8(2)14-10/h4-5,9H,3,6H2,1-2H3/t9-/m1/s1. The zero-order chi connectivity index (χ0) is 11.3. The van der Waals surface area contributed by atoms with Crippen molar-refractivity contribution in [2.24, 2.45) is 0 Å². The highest BCUT2D eigenvalue weighted by Gasteiger charge is 2.16. The van der Waals surface area contributed by atoms with Crippen molar-refractivity contribution >= 4 is 5.97 Å². The van der Waals surface area contributed by atoms with Gasteiger partial charge in [0.2, 0.25) is 5.76 Å². The van der Waals surface area contributed by atoms with Gasteiger partial charge in [-0.1, -0.05) is 6.92 Å². The van der Waals surface area contributed by atoms with Crippen LogP contribution in [0.3, 0.4) is 0 Å². The molecule has 0 N–H and O–H groups in total. The van der Waals surface area contributed by atoms with Crippen LogP contribution in [0.15, 0.2) is 16.5 Å². The summed E-state index contributed by atoms with van der Waals surface area (Å²) in [6.45, 7) is 3.62. The normalized spacial score (nSPS) is 11.8. The molecule has 0 aliphatic heterocycles. The van der Waals surface area contributed by atoms with Crippen LogP contribution >= 0.6 is 0 Å². The molecule has 0 aliphatic rings. The van der Waals surface area contributed by atoms with Gasteiger partial charge in [-0.25, -0.2) is 4.79 Å². The van der Waals surface area contributed by atoms with Crippen LogP contribution in [-0.2, 0) is 4.74 Å². The summed E-state index contributed by atoms with van der Waals surface area (Å²) in [6, 6.07) is 5.24. The molecule has 1 aromatic rings. The molecule has 80 valence electrons. The number of rotatable bonds is 4. The fourth-order valence-corrected chi connectivity index (χ4v) is 1.12. The molecule has 0 aliphatic carbocycles. The number of esters is 1. The molecule has 0 bridgehead atoms. The second-order valence-electron chi connectivity index (χ2n) is 3.21. The summed E-state index contributed by atoms with van der Waals surface area (Å²) in [5.74, 6) is 0.337. The number of nitrogens with zero attached hydrogens (tertiary/aromatic N) is 1. The van der Waals surface area contributed by atoms with E-state index in [1.165, 1.54) is 0 Å². The number of hydrogen-bond acceptors (Lipinski definition) is 4. The molecule has 0 saturated carbocycles. The largest absolute Gasteiger partial charge is 0.455 e. The molecular weight excluding hydrogens is 194 g/mol. The Balaban J connectivity index is 2.59. The lowest BCUT2D eigenvalue weighted by Crippen LogP contribution is -2.16. The highest BCUT2D eigenvalue weighted by molar-refractivity contribution is 5.86. The number of carbonyl (C=O) groups is 1. The molecule has 4 heteroatoms. The zero-order valence-corrected chi connectivity index (χ0v) is 8.82. The van der Waals surface area contributed by atoms with Crippen molar-refractivity contribution in [2.75, 3.05) is 0 Å². The highest BCUT2D eigenvalue weighted by atomic mass is 16.6. The van der Waals surface area contributed by atoms with E-state index in [0.29, 0.717) is 12.2 Å². The Bertz CT molecular complexity index is 375. The average Bonchev–Trinajstić information content (AvgIpc) is 2.64. The topological polar surface area (TPSA) is 63.2 Å². The summed E-state index contributed by atoms with van der Waals surface area (Å²) < 4.78 is 10.2. The minimum Gasteiger partial charge on any atom is -0.455 e. The monoisotopic (exact) mass is 207 g/mol. The number of ether oxygens (including phenoxy) is 1. The van der Waals surface area contributed by atoms with E-state index in [-0.39, 0.29) is 18.3 Å². The first-order valence-electron chi connectivity index (χ1n) is 4.81. The number of hydrogen-bond donors (Lipinski definition) is 0. The van der Waals surface area contributed by atoms with Gasteiger partial charge in [0.15, 0.2) is 0 Å². The van der Waals surface area contributed by atoms with E-state index in [9.17, 15) is 4.79 Å². The van der Waals surface area contributed by atoms with Crippen molar-refractivity contribution in [3.63, 3.8) is 0 Å². The van der Waals surface area contributed by atoms with Crippen molar-refractivity contribution in [2.45, 2.75) is 32.8 Å². The molecule has 0 spiro atoms. The third-order valence-corrected chi connectivity index (χ3v) is 1.99. The van der Waals surface area contributed by atoms with Gasteiger partial charge in [0.05, 0.1) is 12.5 Å². The number of furan rings is 1. The maximum absolute atomic E-state index is 11.5. The van der Waals surface area contributed by atoms with E-state index in [4.69, 9.17) is 14.4 Å². The second kappa shape index (κ2) is 5.20. The molecule has 1 rings (SSSR count). The van der Waals surface area contributed by atoms with Gasteiger partial charge in [-0.05, 0) is 25.5 Å². The lowest BCUT2D eigenvalue weighted by molar-refractivity contribution is 0.0266. The van der Waals surface area contributed by atoms with Crippen molar-refractivity contribution < 1.29 is 13.9 Å². The van der Waals surface area contributed by atoms with E-state index < -0.39 is 5.97 Å². The Hall–Kier alpha value is -1.76. The average molecular weight is 207 g/mol. The van der Waals surface area contributed by atoms with Crippen LogP contribution < -0.4 is 0 Å². The molecule has 0 unspecified atom stereocenters. The lowest BCUT2D eigenvalue weighted by Gasteiger charge is -2.11. The van der Waals surface area contributed by atoms with E-state index in [1.54, 1.807) is 19.1 Å².